The zero-order valence-corrected chi connectivity index (χ0v) is 16.3. The summed E-state index contributed by atoms with van der Waals surface area (Å²) in [6.07, 6.45) is 2.59. The molecule has 28 heavy (non-hydrogen) atoms. The standard InChI is InChI=1S/C22H23FN4O/c1-22(2,3)13-20(28)17-10-16(14-6-8-18(23)9-7-14)11-19(12-17)27-21(15-4-5-15)24-25-26-27/h6-12,15H,4-5,13H2,1-3H3. The lowest BCUT2D eigenvalue weighted by Crippen LogP contribution is -2.14. The van der Waals surface area contributed by atoms with E-state index in [0.717, 1.165) is 35.5 Å². The average Bonchev–Trinajstić information content (AvgIpc) is 3.37. The molecule has 5 nitrogen and oxygen atoms in total. The smallest absolute Gasteiger partial charge is 0.163 e. The molecule has 0 aliphatic heterocycles. The van der Waals surface area contributed by atoms with Gasteiger partial charge in [0.2, 0.25) is 0 Å². The summed E-state index contributed by atoms with van der Waals surface area (Å²) in [6, 6.07) is 11.9. The molecule has 0 bridgehead atoms. The summed E-state index contributed by atoms with van der Waals surface area (Å²) in [5, 5.41) is 12.2. The summed E-state index contributed by atoms with van der Waals surface area (Å²) in [5.41, 5.74) is 2.94. The highest BCUT2D eigenvalue weighted by Gasteiger charge is 2.30. The molecule has 4 rings (SSSR count). The highest BCUT2D eigenvalue weighted by Crippen LogP contribution is 2.39. The van der Waals surface area contributed by atoms with Crippen LogP contribution in [0.15, 0.2) is 42.5 Å². The second kappa shape index (κ2) is 6.93. The second-order valence-electron chi connectivity index (χ2n) is 8.66. The summed E-state index contributed by atoms with van der Waals surface area (Å²) in [5.74, 6) is 0.975. The maximum Gasteiger partial charge on any atom is 0.163 e. The molecule has 1 saturated carbocycles. The van der Waals surface area contributed by atoms with Gasteiger partial charge in [0.05, 0.1) is 5.69 Å². The zero-order chi connectivity index (χ0) is 19.9. The van der Waals surface area contributed by atoms with Crippen LogP contribution in [0.5, 0.6) is 0 Å². The van der Waals surface area contributed by atoms with Crippen LogP contribution >= 0.6 is 0 Å². The molecule has 1 aliphatic rings. The lowest BCUT2D eigenvalue weighted by atomic mass is 9.87. The number of tetrazole rings is 1. The molecule has 6 heteroatoms. The normalized spacial score (nSPS) is 14.3. The molecule has 0 atom stereocenters. The molecular weight excluding hydrogens is 355 g/mol. The van der Waals surface area contributed by atoms with E-state index in [0.29, 0.717) is 17.9 Å². The molecule has 1 aliphatic carbocycles. The molecule has 1 fully saturated rings. The highest BCUT2D eigenvalue weighted by molar-refractivity contribution is 5.98. The topological polar surface area (TPSA) is 60.7 Å². The first-order valence-electron chi connectivity index (χ1n) is 9.53. The highest BCUT2D eigenvalue weighted by atomic mass is 19.1. The van der Waals surface area contributed by atoms with Gasteiger partial charge in [0, 0.05) is 17.9 Å². The van der Waals surface area contributed by atoms with Crippen LogP contribution in [-0.4, -0.2) is 26.0 Å². The fourth-order valence-electron chi connectivity index (χ4n) is 3.26. The number of halogens is 1. The van der Waals surface area contributed by atoms with Crippen molar-refractivity contribution in [2.45, 2.75) is 46.0 Å². The van der Waals surface area contributed by atoms with E-state index in [9.17, 15) is 9.18 Å². The van der Waals surface area contributed by atoms with Crippen LogP contribution in [0.2, 0.25) is 0 Å². The molecule has 3 aromatic rings. The second-order valence-corrected chi connectivity index (χ2v) is 8.66. The lowest BCUT2D eigenvalue weighted by Gasteiger charge is -2.18. The Morgan fingerprint density at radius 2 is 1.82 bits per heavy atom. The van der Waals surface area contributed by atoms with Gasteiger partial charge in [0.15, 0.2) is 11.6 Å². The number of hydrogen-bond donors (Lipinski definition) is 0. The van der Waals surface area contributed by atoms with E-state index in [1.54, 1.807) is 16.8 Å². The van der Waals surface area contributed by atoms with Crippen molar-refractivity contribution in [3.05, 3.63) is 59.7 Å². The lowest BCUT2D eigenvalue weighted by molar-refractivity contribution is 0.0940. The molecule has 144 valence electrons. The van der Waals surface area contributed by atoms with Crippen LogP contribution in [0, 0.1) is 11.2 Å². The Hall–Kier alpha value is -2.89. The fraction of sp³-hybridized carbons (Fsp3) is 0.364. The Bertz CT molecular complexity index is 1010. The Morgan fingerprint density at radius 1 is 1.11 bits per heavy atom. The first-order valence-corrected chi connectivity index (χ1v) is 9.53. The molecule has 0 unspecified atom stereocenters. The van der Waals surface area contributed by atoms with Crippen molar-refractivity contribution in [2.75, 3.05) is 0 Å². The summed E-state index contributed by atoms with van der Waals surface area (Å²) in [4.78, 5) is 12.9. The maximum absolute atomic E-state index is 13.4. The van der Waals surface area contributed by atoms with Crippen molar-refractivity contribution < 1.29 is 9.18 Å². The average molecular weight is 378 g/mol. The number of ketones is 1. The Morgan fingerprint density at radius 3 is 2.46 bits per heavy atom. The van der Waals surface area contributed by atoms with E-state index in [1.807, 2.05) is 39.0 Å². The fourth-order valence-corrected chi connectivity index (χ4v) is 3.26. The Labute approximate surface area is 163 Å². The minimum atomic E-state index is -0.291. The van der Waals surface area contributed by atoms with Crippen LogP contribution in [0.1, 0.15) is 62.1 Å². The number of hydrogen-bond acceptors (Lipinski definition) is 4. The quantitative estimate of drug-likeness (QED) is 0.589. The van der Waals surface area contributed by atoms with Gasteiger partial charge in [-0.3, -0.25) is 4.79 Å². The summed E-state index contributed by atoms with van der Waals surface area (Å²) >= 11 is 0. The molecule has 1 heterocycles. The minimum absolute atomic E-state index is 0.0683. The molecule has 0 amide bonds. The van der Waals surface area contributed by atoms with E-state index < -0.39 is 0 Å². The SMILES string of the molecule is CC(C)(C)CC(=O)c1cc(-c2ccc(F)cc2)cc(-n2nnnc2C2CC2)c1. The number of nitrogens with zero attached hydrogens (tertiary/aromatic N) is 4. The van der Waals surface area contributed by atoms with Gasteiger partial charge in [-0.1, -0.05) is 32.9 Å². The maximum atomic E-state index is 13.4. The first-order chi connectivity index (χ1) is 13.3. The molecule has 0 saturated heterocycles. The summed E-state index contributed by atoms with van der Waals surface area (Å²) in [6.45, 7) is 6.13. The van der Waals surface area contributed by atoms with Gasteiger partial charge in [-0.2, -0.15) is 4.68 Å². The number of carbonyl (C=O) groups excluding carboxylic acids is 1. The predicted molar refractivity (Wildman–Crippen MR) is 105 cm³/mol. The van der Waals surface area contributed by atoms with Gasteiger partial charge >= 0.3 is 0 Å². The summed E-state index contributed by atoms with van der Waals surface area (Å²) < 4.78 is 15.1. The summed E-state index contributed by atoms with van der Waals surface area (Å²) in [7, 11) is 0. The Balaban J connectivity index is 1.82. The van der Waals surface area contributed by atoms with Crippen LogP contribution in [-0.2, 0) is 0 Å². The van der Waals surface area contributed by atoms with Gasteiger partial charge in [0.25, 0.3) is 0 Å². The van der Waals surface area contributed by atoms with Gasteiger partial charge in [-0.05, 0) is 70.1 Å². The van der Waals surface area contributed by atoms with Gasteiger partial charge in [-0.15, -0.1) is 5.10 Å². The molecular formula is C22H23FN4O. The van der Waals surface area contributed by atoms with Crippen molar-refractivity contribution in [3.8, 4) is 16.8 Å². The van der Waals surface area contributed by atoms with Crippen molar-refractivity contribution >= 4 is 5.78 Å². The molecule has 0 radical (unpaired) electrons. The number of Topliss-reactive ketones (excluding diaryl/α,β-unsaturated/α-hetero) is 1. The number of rotatable bonds is 5. The van der Waals surface area contributed by atoms with E-state index in [1.165, 1.54) is 12.1 Å². The molecule has 1 aromatic heterocycles. The number of aromatic nitrogens is 4. The van der Waals surface area contributed by atoms with Crippen LogP contribution in [0.3, 0.4) is 0 Å². The predicted octanol–water partition coefficient (Wildman–Crippen LogP) is 4.96. The van der Waals surface area contributed by atoms with E-state index in [4.69, 9.17) is 0 Å². The first kappa shape index (κ1) is 18.5. The van der Waals surface area contributed by atoms with Crippen LogP contribution in [0.4, 0.5) is 4.39 Å². The zero-order valence-electron chi connectivity index (χ0n) is 16.3. The van der Waals surface area contributed by atoms with Gasteiger partial charge in [-0.25, -0.2) is 4.39 Å². The van der Waals surface area contributed by atoms with E-state index in [2.05, 4.69) is 15.5 Å². The molecule has 0 spiro atoms. The van der Waals surface area contributed by atoms with Gasteiger partial charge in [0.1, 0.15) is 5.82 Å². The Kier molecular flexibility index (Phi) is 4.57. The van der Waals surface area contributed by atoms with Gasteiger partial charge < -0.3 is 0 Å². The van der Waals surface area contributed by atoms with Crippen molar-refractivity contribution in [1.82, 2.24) is 20.2 Å². The number of carbonyl (C=O) groups is 1. The number of benzene rings is 2. The van der Waals surface area contributed by atoms with Crippen molar-refractivity contribution in [2.24, 2.45) is 5.41 Å². The van der Waals surface area contributed by atoms with Crippen molar-refractivity contribution in [3.63, 3.8) is 0 Å². The minimum Gasteiger partial charge on any atom is -0.294 e. The molecule has 0 N–H and O–H groups in total. The third-order valence-electron chi connectivity index (χ3n) is 4.79. The third-order valence-corrected chi connectivity index (χ3v) is 4.79. The molecule has 2 aromatic carbocycles. The van der Waals surface area contributed by atoms with Crippen LogP contribution in [0.25, 0.3) is 16.8 Å². The van der Waals surface area contributed by atoms with Crippen LogP contribution < -0.4 is 0 Å². The third kappa shape index (κ3) is 4.01. The van der Waals surface area contributed by atoms with E-state index >= 15 is 0 Å². The monoisotopic (exact) mass is 378 g/mol. The largest absolute Gasteiger partial charge is 0.294 e. The van der Waals surface area contributed by atoms with E-state index in [-0.39, 0.29) is 17.0 Å². The van der Waals surface area contributed by atoms with Crippen molar-refractivity contribution in [1.29, 1.82) is 0 Å².